The number of anilines is 1. The van der Waals surface area contributed by atoms with Crippen molar-refractivity contribution in [3.63, 3.8) is 0 Å². The Bertz CT molecular complexity index is 649. The van der Waals surface area contributed by atoms with Gasteiger partial charge in [0.1, 0.15) is 6.04 Å². The summed E-state index contributed by atoms with van der Waals surface area (Å²) in [5, 5.41) is 7.10. The molecule has 134 valence electrons. The molecular formula is C19H24ClN3O2. The van der Waals surface area contributed by atoms with Crippen LogP contribution in [0.5, 0.6) is 0 Å². The van der Waals surface area contributed by atoms with Crippen LogP contribution in [0.2, 0.25) is 5.02 Å². The van der Waals surface area contributed by atoms with Gasteiger partial charge < -0.3 is 15.5 Å². The number of amides is 2. The molecule has 2 N–H and O–H groups in total. The molecule has 4 rings (SSSR count). The van der Waals surface area contributed by atoms with Gasteiger partial charge in [0.2, 0.25) is 11.8 Å². The second-order valence-corrected chi connectivity index (χ2v) is 7.86. The lowest BCUT2D eigenvalue weighted by atomic mass is 9.85. The van der Waals surface area contributed by atoms with E-state index in [1.54, 1.807) is 17.0 Å². The minimum absolute atomic E-state index is 0.0225. The first-order valence-electron chi connectivity index (χ1n) is 9.25. The van der Waals surface area contributed by atoms with Gasteiger partial charge >= 0.3 is 0 Å². The zero-order valence-electron chi connectivity index (χ0n) is 14.2. The molecule has 4 unspecified atom stereocenters. The van der Waals surface area contributed by atoms with Crippen LogP contribution < -0.4 is 15.5 Å². The van der Waals surface area contributed by atoms with Crippen LogP contribution in [0, 0.1) is 5.92 Å². The molecule has 2 amide bonds. The Morgan fingerprint density at radius 3 is 2.68 bits per heavy atom. The Morgan fingerprint density at radius 1 is 1.16 bits per heavy atom. The number of hydrogen-bond donors (Lipinski definition) is 2. The maximum absolute atomic E-state index is 12.7. The highest BCUT2D eigenvalue weighted by molar-refractivity contribution is 6.30. The van der Waals surface area contributed by atoms with Crippen LogP contribution >= 0.6 is 11.6 Å². The lowest BCUT2D eigenvalue weighted by Gasteiger charge is -2.24. The average Bonchev–Trinajstić information content (AvgIpc) is 3.20. The normalized spacial score (nSPS) is 31.9. The quantitative estimate of drug-likeness (QED) is 0.869. The summed E-state index contributed by atoms with van der Waals surface area (Å²) < 4.78 is 0. The van der Waals surface area contributed by atoms with E-state index < -0.39 is 6.04 Å². The van der Waals surface area contributed by atoms with Crippen molar-refractivity contribution in [3.8, 4) is 0 Å². The van der Waals surface area contributed by atoms with Crippen molar-refractivity contribution in [3.05, 3.63) is 29.3 Å². The fraction of sp³-hybridized carbons (Fsp3) is 0.579. The number of fused-ring (bicyclic) bond motifs is 1. The van der Waals surface area contributed by atoms with Crippen molar-refractivity contribution in [1.82, 2.24) is 10.6 Å². The maximum atomic E-state index is 12.7. The summed E-state index contributed by atoms with van der Waals surface area (Å²) in [6.07, 6.45) is 6.45. The van der Waals surface area contributed by atoms with Crippen molar-refractivity contribution >= 4 is 29.1 Å². The summed E-state index contributed by atoms with van der Waals surface area (Å²) in [5.74, 6) is 0.561. The van der Waals surface area contributed by atoms with Crippen LogP contribution in [0.4, 0.5) is 5.69 Å². The molecule has 4 atom stereocenters. The first-order valence-corrected chi connectivity index (χ1v) is 9.63. The fourth-order valence-corrected chi connectivity index (χ4v) is 4.61. The second kappa shape index (κ2) is 6.96. The highest BCUT2D eigenvalue weighted by atomic mass is 35.5. The fourth-order valence-electron chi connectivity index (χ4n) is 4.48. The van der Waals surface area contributed by atoms with Gasteiger partial charge in [0.25, 0.3) is 0 Å². The van der Waals surface area contributed by atoms with Gasteiger partial charge in [-0.05, 0) is 55.9 Å². The van der Waals surface area contributed by atoms with Gasteiger partial charge in [-0.25, -0.2) is 0 Å². The van der Waals surface area contributed by atoms with Crippen LogP contribution in [0.1, 0.15) is 38.5 Å². The highest BCUT2D eigenvalue weighted by Gasteiger charge is 2.40. The van der Waals surface area contributed by atoms with E-state index in [-0.39, 0.29) is 17.9 Å². The monoisotopic (exact) mass is 361 g/mol. The molecule has 0 aromatic heterocycles. The summed E-state index contributed by atoms with van der Waals surface area (Å²) in [6, 6.07) is 7.15. The molecule has 6 heteroatoms. The first kappa shape index (κ1) is 16.9. The van der Waals surface area contributed by atoms with Crippen LogP contribution in [0.15, 0.2) is 24.3 Å². The van der Waals surface area contributed by atoms with Gasteiger partial charge in [-0.3, -0.25) is 9.59 Å². The number of hydrogen-bond acceptors (Lipinski definition) is 3. The third-order valence-electron chi connectivity index (χ3n) is 5.84. The molecule has 1 aliphatic carbocycles. The smallest absolute Gasteiger partial charge is 0.249 e. The predicted octanol–water partition coefficient (Wildman–Crippen LogP) is 2.48. The third-order valence-corrected chi connectivity index (χ3v) is 6.09. The summed E-state index contributed by atoms with van der Waals surface area (Å²) >= 11 is 5.91. The maximum Gasteiger partial charge on any atom is 0.249 e. The lowest BCUT2D eigenvalue weighted by Crippen LogP contribution is -2.49. The summed E-state index contributed by atoms with van der Waals surface area (Å²) in [4.78, 5) is 27.0. The van der Waals surface area contributed by atoms with Gasteiger partial charge in [-0.2, -0.15) is 0 Å². The van der Waals surface area contributed by atoms with Crippen molar-refractivity contribution in [2.24, 2.45) is 5.92 Å². The van der Waals surface area contributed by atoms with E-state index in [0.717, 1.165) is 12.1 Å². The number of halogens is 1. The van der Waals surface area contributed by atoms with E-state index in [1.807, 2.05) is 12.1 Å². The largest absolute Gasteiger partial charge is 0.343 e. The zero-order valence-corrected chi connectivity index (χ0v) is 15.0. The Hall–Kier alpha value is -1.59. The molecule has 0 spiro atoms. The average molecular weight is 362 g/mol. The van der Waals surface area contributed by atoms with Crippen LogP contribution in [0.25, 0.3) is 0 Å². The summed E-state index contributed by atoms with van der Waals surface area (Å²) in [7, 11) is 0. The minimum atomic E-state index is -0.424. The van der Waals surface area contributed by atoms with Crippen molar-refractivity contribution < 1.29 is 9.59 Å². The number of benzene rings is 1. The number of rotatable bonds is 3. The molecule has 2 heterocycles. The van der Waals surface area contributed by atoms with E-state index in [0.29, 0.717) is 29.9 Å². The molecule has 2 saturated heterocycles. The standard InChI is InChI=1S/C19H24ClN3O2/c20-13-5-7-14(8-6-13)23-10-9-16(19(23)25)22-18(24)17-11-12-3-1-2-4-15(12)21-17/h5-8,12,15-17,21H,1-4,9-11H2,(H,22,24). The van der Waals surface area contributed by atoms with Gasteiger partial charge in [0, 0.05) is 23.3 Å². The van der Waals surface area contributed by atoms with Crippen molar-refractivity contribution in [1.29, 1.82) is 0 Å². The van der Waals surface area contributed by atoms with Gasteiger partial charge in [0.05, 0.1) is 6.04 Å². The molecule has 0 bridgehead atoms. The molecule has 25 heavy (non-hydrogen) atoms. The number of nitrogens with zero attached hydrogens (tertiary/aromatic N) is 1. The van der Waals surface area contributed by atoms with E-state index >= 15 is 0 Å². The summed E-state index contributed by atoms with van der Waals surface area (Å²) in [6.45, 7) is 0.620. The second-order valence-electron chi connectivity index (χ2n) is 7.42. The van der Waals surface area contributed by atoms with Gasteiger partial charge in [0.15, 0.2) is 0 Å². The van der Waals surface area contributed by atoms with Gasteiger partial charge in [-0.15, -0.1) is 0 Å². The van der Waals surface area contributed by atoms with Crippen LogP contribution in [-0.4, -0.2) is 36.5 Å². The summed E-state index contributed by atoms with van der Waals surface area (Å²) in [5.41, 5.74) is 0.830. The molecule has 0 radical (unpaired) electrons. The van der Waals surface area contributed by atoms with Crippen molar-refractivity contribution in [2.75, 3.05) is 11.4 Å². The number of nitrogens with one attached hydrogen (secondary N) is 2. The number of carbonyl (C=O) groups excluding carboxylic acids is 2. The molecule has 3 aliphatic rings. The Kier molecular flexibility index (Phi) is 4.69. The van der Waals surface area contributed by atoms with E-state index in [9.17, 15) is 9.59 Å². The SMILES string of the molecule is O=C(NC1CCN(c2ccc(Cl)cc2)C1=O)C1CC2CCCCC2N1. The highest BCUT2D eigenvalue weighted by Crippen LogP contribution is 2.33. The van der Waals surface area contributed by atoms with Crippen LogP contribution in [0.3, 0.4) is 0 Å². The van der Waals surface area contributed by atoms with Crippen molar-refractivity contribution in [2.45, 2.75) is 56.7 Å². The lowest BCUT2D eigenvalue weighted by molar-refractivity contribution is -0.127. The predicted molar refractivity (Wildman–Crippen MR) is 97.6 cm³/mol. The van der Waals surface area contributed by atoms with E-state index in [4.69, 9.17) is 11.6 Å². The minimum Gasteiger partial charge on any atom is -0.343 e. The Labute approximate surface area is 153 Å². The molecular weight excluding hydrogens is 338 g/mol. The molecule has 1 saturated carbocycles. The molecule has 3 fully saturated rings. The van der Waals surface area contributed by atoms with Gasteiger partial charge in [-0.1, -0.05) is 24.4 Å². The molecule has 1 aromatic carbocycles. The third kappa shape index (κ3) is 3.40. The first-order chi connectivity index (χ1) is 12.1. The van der Waals surface area contributed by atoms with E-state index in [2.05, 4.69) is 10.6 Å². The molecule has 5 nitrogen and oxygen atoms in total. The van der Waals surface area contributed by atoms with E-state index in [1.165, 1.54) is 25.7 Å². The topological polar surface area (TPSA) is 61.4 Å². The zero-order chi connectivity index (χ0) is 17.4. The Morgan fingerprint density at radius 2 is 1.92 bits per heavy atom. The molecule has 2 aliphatic heterocycles. The number of carbonyl (C=O) groups is 2. The molecule has 1 aromatic rings. The van der Waals surface area contributed by atoms with Crippen LogP contribution in [-0.2, 0) is 9.59 Å². The Balaban J connectivity index is 1.36.